The van der Waals surface area contributed by atoms with E-state index in [0.717, 1.165) is 11.3 Å². The van der Waals surface area contributed by atoms with Gasteiger partial charge in [-0.1, -0.05) is 18.2 Å². The summed E-state index contributed by atoms with van der Waals surface area (Å²) in [6.07, 6.45) is 1.59. The first kappa shape index (κ1) is 19.9. The molecule has 1 aliphatic heterocycles. The molecule has 0 aliphatic carbocycles. The molecule has 1 aliphatic rings. The SMILES string of the molecule is CCOc1ccc(CC(=O)N2CCC(NS(=O)(=O)c3cccs3)CC2)cc1. The van der Waals surface area contributed by atoms with E-state index >= 15 is 0 Å². The molecule has 1 N–H and O–H groups in total. The van der Waals surface area contributed by atoms with E-state index in [-0.39, 0.29) is 11.9 Å². The molecule has 0 saturated carbocycles. The summed E-state index contributed by atoms with van der Waals surface area (Å²) in [4.78, 5) is 14.3. The highest BCUT2D eigenvalue weighted by atomic mass is 32.2. The molecule has 2 aromatic rings. The van der Waals surface area contributed by atoms with Crippen LogP contribution in [0.4, 0.5) is 0 Å². The van der Waals surface area contributed by atoms with Crippen LogP contribution in [0.1, 0.15) is 25.3 Å². The first-order valence-electron chi connectivity index (χ1n) is 9.03. The van der Waals surface area contributed by atoms with E-state index in [1.54, 1.807) is 17.5 Å². The lowest BCUT2D eigenvalue weighted by Crippen LogP contribution is -2.46. The molecule has 1 saturated heterocycles. The van der Waals surface area contributed by atoms with E-state index in [1.165, 1.54) is 11.3 Å². The van der Waals surface area contributed by atoms with Gasteiger partial charge in [-0.2, -0.15) is 0 Å². The Bertz CT molecular complexity index is 840. The number of sulfonamides is 1. The smallest absolute Gasteiger partial charge is 0.250 e. The third kappa shape index (κ3) is 5.31. The molecule has 0 bridgehead atoms. The minimum Gasteiger partial charge on any atom is -0.494 e. The Kier molecular flexibility index (Phi) is 6.51. The summed E-state index contributed by atoms with van der Waals surface area (Å²) in [5.41, 5.74) is 0.948. The van der Waals surface area contributed by atoms with E-state index in [9.17, 15) is 13.2 Å². The van der Waals surface area contributed by atoms with Crippen molar-refractivity contribution < 1.29 is 17.9 Å². The number of likely N-dealkylation sites (tertiary alicyclic amines) is 1. The predicted octanol–water partition coefficient (Wildman–Crippen LogP) is 2.66. The zero-order valence-corrected chi connectivity index (χ0v) is 16.9. The van der Waals surface area contributed by atoms with Crippen LogP contribution in [0.3, 0.4) is 0 Å². The number of rotatable bonds is 7. The number of thiophene rings is 1. The molecule has 0 spiro atoms. The van der Waals surface area contributed by atoms with E-state index < -0.39 is 10.0 Å². The van der Waals surface area contributed by atoms with Gasteiger partial charge in [-0.05, 0) is 48.9 Å². The largest absolute Gasteiger partial charge is 0.494 e. The van der Waals surface area contributed by atoms with Crippen LogP contribution in [0.25, 0.3) is 0 Å². The number of hydrogen-bond acceptors (Lipinski definition) is 5. The Hall–Kier alpha value is -1.90. The predicted molar refractivity (Wildman–Crippen MR) is 106 cm³/mol. The van der Waals surface area contributed by atoms with Crippen LogP contribution in [0.5, 0.6) is 5.75 Å². The number of amides is 1. The van der Waals surface area contributed by atoms with Crippen LogP contribution >= 0.6 is 11.3 Å². The Labute approximate surface area is 164 Å². The second-order valence-electron chi connectivity index (χ2n) is 6.46. The first-order chi connectivity index (χ1) is 13.0. The molecule has 2 heterocycles. The average molecular weight is 409 g/mol. The van der Waals surface area contributed by atoms with Gasteiger partial charge < -0.3 is 9.64 Å². The van der Waals surface area contributed by atoms with Gasteiger partial charge in [0.2, 0.25) is 15.9 Å². The van der Waals surface area contributed by atoms with Crippen molar-refractivity contribution in [2.75, 3.05) is 19.7 Å². The molecule has 1 amide bonds. The van der Waals surface area contributed by atoms with E-state index in [2.05, 4.69) is 4.72 Å². The summed E-state index contributed by atoms with van der Waals surface area (Å²) >= 11 is 1.21. The number of nitrogens with zero attached hydrogens (tertiary/aromatic N) is 1. The number of nitrogens with one attached hydrogen (secondary N) is 1. The van der Waals surface area contributed by atoms with Crippen LogP contribution in [-0.2, 0) is 21.2 Å². The van der Waals surface area contributed by atoms with Gasteiger partial charge in [-0.3, -0.25) is 4.79 Å². The molecule has 0 radical (unpaired) electrons. The third-order valence-corrected chi connectivity index (χ3v) is 7.44. The van der Waals surface area contributed by atoms with Gasteiger partial charge in [0, 0.05) is 19.1 Å². The van der Waals surface area contributed by atoms with Crippen LogP contribution < -0.4 is 9.46 Å². The molecule has 146 valence electrons. The van der Waals surface area contributed by atoms with Gasteiger partial charge in [0.05, 0.1) is 13.0 Å². The zero-order chi connectivity index (χ0) is 19.3. The fourth-order valence-corrected chi connectivity index (χ4v) is 5.41. The molecule has 1 fully saturated rings. The summed E-state index contributed by atoms with van der Waals surface area (Å²) in [5, 5.41) is 1.75. The Morgan fingerprint density at radius 1 is 1.22 bits per heavy atom. The van der Waals surface area contributed by atoms with Gasteiger partial charge in [-0.25, -0.2) is 13.1 Å². The fraction of sp³-hybridized carbons (Fsp3) is 0.421. The maximum atomic E-state index is 12.5. The molecule has 1 aromatic heterocycles. The van der Waals surface area contributed by atoms with Crippen LogP contribution in [-0.4, -0.2) is 45.0 Å². The number of carbonyl (C=O) groups is 1. The summed E-state index contributed by atoms with van der Waals surface area (Å²) in [5.74, 6) is 0.867. The average Bonchev–Trinajstić information content (AvgIpc) is 3.20. The van der Waals surface area contributed by atoms with E-state index in [1.807, 2.05) is 36.1 Å². The highest BCUT2D eigenvalue weighted by molar-refractivity contribution is 7.91. The van der Waals surface area contributed by atoms with Crippen LogP contribution in [0.15, 0.2) is 46.0 Å². The minimum absolute atomic E-state index is 0.0683. The summed E-state index contributed by atoms with van der Waals surface area (Å²) in [7, 11) is -3.46. The molecule has 0 atom stereocenters. The molecule has 3 rings (SSSR count). The van der Waals surface area contributed by atoms with Gasteiger partial charge in [0.1, 0.15) is 9.96 Å². The number of ether oxygens (including phenoxy) is 1. The van der Waals surface area contributed by atoms with Gasteiger partial charge in [0.15, 0.2) is 0 Å². The first-order valence-corrected chi connectivity index (χ1v) is 11.4. The highest BCUT2D eigenvalue weighted by Crippen LogP contribution is 2.19. The van der Waals surface area contributed by atoms with Crippen molar-refractivity contribution in [3.63, 3.8) is 0 Å². The lowest BCUT2D eigenvalue weighted by Gasteiger charge is -2.32. The summed E-state index contributed by atoms with van der Waals surface area (Å²) in [6.45, 7) is 3.67. The molecular weight excluding hydrogens is 384 g/mol. The molecule has 0 unspecified atom stereocenters. The maximum Gasteiger partial charge on any atom is 0.250 e. The van der Waals surface area contributed by atoms with Gasteiger partial charge in [0.25, 0.3) is 0 Å². The van der Waals surface area contributed by atoms with E-state index in [4.69, 9.17) is 4.74 Å². The molecule has 27 heavy (non-hydrogen) atoms. The molecule has 1 aromatic carbocycles. The Morgan fingerprint density at radius 3 is 2.52 bits per heavy atom. The number of benzene rings is 1. The summed E-state index contributed by atoms with van der Waals surface area (Å²) < 4.78 is 33.1. The second-order valence-corrected chi connectivity index (χ2v) is 9.35. The highest BCUT2D eigenvalue weighted by Gasteiger charge is 2.27. The van der Waals surface area contributed by atoms with Crippen molar-refractivity contribution in [1.29, 1.82) is 0 Å². The molecule has 6 nitrogen and oxygen atoms in total. The standard InChI is InChI=1S/C19H24N2O4S2/c1-2-25-17-7-5-15(6-8-17)14-18(22)21-11-9-16(10-12-21)20-27(23,24)19-4-3-13-26-19/h3-8,13,16,20H,2,9-12,14H2,1H3. The second kappa shape index (κ2) is 8.86. The van der Waals surface area contributed by atoms with Crippen molar-refractivity contribution in [3.05, 3.63) is 47.3 Å². The molecular formula is C19H24N2O4S2. The van der Waals surface area contributed by atoms with Gasteiger partial charge >= 0.3 is 0 Å². The van der Waals surface area contributed by atoms with Crippen molar-refractivity contribution >= 4 is 27.3 Å². The minimum atomic E-state index is -3.46. The number of carbonyl (C=O) groups excluding carboxylic acids is 1. The van der Waals surface area contributed by atoms with Crippen LogP contribution in [0.2, 0.25) is 0 Å². The van der Waals surface area contributed by atoms with Gasteiger partial charge in [-0.15, -0.1) is 11.3 Å². The maximum absolute atomic E-state index is 12.5. The summed E-state index contributed by atoms with van der Waals surface area (Å²) in [6, 6.07) is 10.8. The van der Waals surface area contributed by atoms with Crippen molar-refractivity contribution in [1.82, 2.24) is 9.62 Å². The monoisotopic (exact) mass is 408 g/mol. The lowest BCUT2D eigenvalue weighted by molar-refractivity contribution is -0.131. The number of piperidine rings is 1. The normalized spacial score (nSPS) is 15.7. The van der Waals surface area contributed by atoms with Crippen molar-refractivity contribution in [2.24, 2.45) is 0 Å². The quantitative estimate of drug-likeness (QED) is 0.764. The van der Waals surface area contributed by atoms with Crippen molar-refractivity contribution in [2.45, 2.75) is 36.4 Å². The Morgan fingerprint density at radius 2 is 1.93 bits per heavy atom. The topological polar surface area (TPSA) is 75.7 Å². The Balaban J connectivity index is 1.49. The zero-order valence-electron chi connectivity index (χ0n) is 15.3. The lowest BCUT2D eigenvalue weighted by atomic mass is 10.0. The number of hydrogen-bond donors (Lipinski definition) is 1. The third-order valence-electron chi connectivity index (χ3n) is 4.52. The fourth-order valence-electron chi connectivity index (χ4n) is 3.10. The molecule has 8 heteroatoms. The van der Waals surface area contributed by atoms with Crippen molar-refractivity contribution in [3.8, 4) is 5.75 Å². The van der Waals surface area contributed by atoms with E-state index in [0.29, 0.717) is 43.2 Å². The van der Waals surface area contributed by atoms with Crippen LogP contribution in [0, 0.1) is 0 Å².